The Bertz CT molecular complexity index is 918. The van der Waals surface area contributed by atoms with Gasteiger partial charge >= 0.3 is 0 Å². The molecule has 0 saturated carbocycles. The number of anilines is 1. The van der Waals surface area contributed by atoms with E-state index in [0.29, 0.717) is 24.5 Å². The lowest BCUT2D eigenvalue weighted by molar-refractivity contribution is -0.0440. The first kappa shape index (κ1) is 19.5. The summed E-state index contributed by atoms with van der Waals surface area (Å²) in [5, 5.41) is 2.73. The third kappa shape index (κ3) is 4.52. The lowest BCUT2D eigenvalue weighted by atomic mass is 10.2. The SMILES string of the molecule is Cc1cccc(C(=O)Nc2ccc(S(=O)(=O)N3C[C@@H](C)O[C@H](C)C3)cc2)n1. The number of aryl methyl sites for hydroxylation is 1. The number of morpholine rings is 1. The van der Waals surface area contributed by atoms with Crippen LogP contribution in [0.1, 0.15) is 30.0 Å². The predicted molar refractivity (Wildman–Crippen MR) is 102 cm³/mol. The fourth-order valence-corrected chi connectivity index (χ4v) is 4.64. The van der Waals surface area contributed by atoms with Crippen LogP contribution in [-0.4, -0.2) is 48.9 Å². The average Bonchev–Trinajstić information content (AvgIpc) is 2.61. The zero-order valence-electron chi connectivity index (χ0n) is 15.5. The summed E-state index contributed by atoms with van der Waals surface area (Å²) in [6, 6.07) is 11.4. The summed E-state index contributed by atoms with van der Waals surface area (Å²) in [5.74, 6) is -0.342. The van der Waals surface area contributed by atoms with Crippen LogP contribution in [0, 0.1) is 6.92 Å². The van der Waals surface area contributed by atoms with Crippen LogP contribution < -0.4 is 5.32 Å². The van der Waals surface area contributed by atoms with Crippen molar-refractivity contribution in [3.05, 3.63) is 53.9 Å². The Morgan fingerprint density at radius 3 is 2.33 bits per heavy atom. The largest absolute Gasteiger partial charge is 0.373 e. The predicted octanol–water partition coefficient (Wildman–Crippen LogP) is 2.44. The zero-order valence-corrected chi connectivity index (χ0v) is 16.4. The van der Waals surface area contributed by atoms with Crippen molar-refractivity contribution < 1.29 is 17.9 Å². The van der Waals surface area contributed by atoms with E-state index in [9.17, 15) is 13.2 Å². The highest BCUT2D eigenvalue weighted by Gasteiger charge is 2.32. The molecule has 2 atom stereocenters. The smallest absolute Gasteiger partial charge is 0.274 e. The molecule has 2 aromatic rings. The van der Waals surface area contributed by atoms with E-state index in [0.717, 1.165) is 5.69 Å². The van der Waals surface area contributed by atoms with Crippen molar-refractivity contribution in [2.45, 2.75) is 37.9 Å². The molecule has 27 heavy (non-hydrogen) atoms. The van der Waals surface area contributed by atoms with E-state index >= 15 is 0 Å². The number of sulfonamides is 1. The van der Waals surface area contributed by atoms with Crippen molar-refractivity contribution in [2.24, 2.45) is 0 Å². The molecule has 1 amide bonds. The normalized spacial score (nSPS) is 21.0. The number of amides is 1. The number of nitrogens with zero attached hydrogens (tertiary/aromatic N) is 2. The van der Waals surface area contributed by atoms with E-state index in [1.54, 1.807) is 24.3 Å². The van der Waals surface area contributed by atoms with E-state index < -0.39 is 10.0 Å². The molecule has 1 saturated heterocycles. The molecule has 2 heterocycles. The molecular formula is C19H23N3O4S. The molecule has 1 aromatic heterocycles. The van der Waals surface area contributed by atoms with E-state index in [2.05, 4.69) is 10.3 Å². The van der Waals surface area contributed by atoms with Gasteiger partial charge in [-0.15, -0.1) is 0 Å². The average molecular weight is 389 g/mol. The maximum absolute atomic E-state index is 12.8. The van der Waals surface area contributed by atoms with Gasteiger partial charge in [0.25, 0.3) is 5.91 Å². The molecule has 0 aliphatic carbocycles. The highest BCUT2D eigenvalue weighted by atomic mass is 32.2. The van der Waals surface area contributed by atoms with Crippen molar-refractivity contribution in [1.29, 1.82) is 0 Å². The standard InChI is InChI=1S/C19H23N3O4S/c1-13-5-4-6-18(20-13)19(23)21-16-7-9-17(10-8-16)27(24,25)22-11-14(2)26-15(3)12-22/h4-10,14-15H,11-12H2,1-3H3,(H,21,23)/t14-,15-/m1/s1. The third-order valence-electron chi connectivity index (χ3n) is 4.26. The molecular weight excluding hydrogens is 366 g/mol. The van der Waals surface area contributed by atoms with Gasteiger partial charge in [-0.3, -0.25) is 4.79 Å². The Kier molecular flexibility index (Phi) is 5.59. The van der Waals surface area contributed by atoms with Crippen molar-refractivity contribution in [1.82, 2.24) is 9.29 Å². The first-order valence-corrected chi connectivity index (χ1v) is 10.2. The Morgan fingerprint density at radius 1 is 1.11 bits per heavy atom. The Hall–Kier alpha value is -2.29. The lowest BCUT2D eigenvalue weighted by Crippen LogP contribution is -2.48. The van der Waals surface area contributed by atoms with Gasteiger partial charge in [-0.2, -0.15) is 4.31 Å². The number of hydrogen-bond acceptors (Lipinski definition) is 5. The highest BCUT2D eigenvalue weighted by Crippen LogP contribution is 2.22. The zero-order chi connectivity index (χ0) is 19.6. The molecule has 0 spiro atoms. The van der Waals surface area contributed by atoms with E-state index in [-0.39, 0.29) is 23.0 Å². The van der Waals surface area contributed by atoms with Gasteiger partial charge in [0.1, 0.15) is 5.69 Å². The maximum Gasteiger partial charge on any atom is 0.274 e. The fourth-order valence-electron chi connectivity index (χ4n) is 3.05. The van der Waals surface area contributed by atoms with Crippen LogP contribution in [0.2, 0.25) is 0 Å². The first-order valence-electron chi connectivity index (χ1n) is 8.76. The van der Waals surface area contributed by atoms with Crippen LogP contribution in [0.3, 0.4) is 0 Å². The van der Waals surface area contributed by atoms with Gasteiger partial charge in [-0.25, -0.2) is 13.4 Å². The maximum atomic E-state index is 12.8. The molecule has 1 fully saturated rings. The molecule has 0 bridgehead atoms. The van der Waals surface area contributed by atoms with Crippen LogP contribution in [0.15, 0.2) is 47.4 Å². The summed E-state index contributed by atoms with van der Waals surface area (Å²) in [5.41, 5.74) is 1.56. The number of ether oxygens (including phenoxy) is 1. The molecule has 1 aliphatic rings. The number of aromatic nitrogens is 1. The van der Waals surface area contributed by atoms with E-state index in [1.165, 1.54) is 16.4 Å². The number of rotatable bonds is 4. The third-order valence-corrected chi connectivity index (χ3v) is 6.10. The minimum atomic E-state index is -3.60. The van der Waals surface area contributed by atoms with Gasteiger partial charge < -0.3 is 10.1 Å². The number of carbonyl (C=O) groups excluding carboxylic acids is 1. The number of nitrogens with one attached hydrogen (secondary N) is 1. The Balaban J connectivity index is 1.74. The highest BCUT2D eigenvalue weighted by molar-refractivity contribution is 7.89. The number of pyridine rings is 1. The van der Waals surface area contributed by atoms with Crippen LogP contribution in [0.25, 0.3) is 0 Å². The summed E-state index contributed by atoms with van der Waals surface area (Å²) < 4.78 is 32.7. The van der Waals surface area contributed by atoms with Crippen LogP contribution in [0.5, 0.6) is 0 Å². The molecule has 3 rings (SSSR count). The monoisotopic (exact) mass is 389 g/mol. The number of benzene rings is 1. The molecule has 1 aliphatic heterocycles. The van der Waals surface area contributed by atoms with E-state index in [1.807, 2.05) is 26.8 Å². The Morgan fingerprint density at radius 2 is 1.74 bits per heavy atom. The van der Waals surface area contributed by atoms with Crippen molar-refractivity contribution in [3.63, 3.8) is 0 Å². The second-order valence-corrected chi connectivity index (χ2v) is 8.66. The Labute approximate surface area is 159 Å². The second kappa shape index (κ2) is 7.75. The van der Waals surface area contributed by atoms with Gasteiger partial charge in [0, 0.05) is 24.5 Å². The van der Waals surface area contributed by atoms with Gasteiger partial charge in [-0.1, -0.05) is 6.07 Å². The summed E-state index contributed by atoms with van der Waals surface area (Å²) in [7, 11) is -3.60. The quantitative estimate of drug-likeness (QED) is 0.868. The van der Waals surface area contributed by atoms with Crippen molar-refractivity contribution in [3.8, 4) is 0 Å². The summed E-state index contributed by atoms with van der Waals surface area (Å²) in [6.45, 7) is 6.17. The summed E-state index contributed by atoms with van der Waals surface area (Å²) in [4.78, 5) is 16.6. The van der Waals surface area contributed by atoms with Gasteiger partial charge in [-0.05, 0) is 57.2 Å². The van der Waals surface area contributed by atoms with Crippen molar-refractivity contribution in [2.75, 3.05) is 18.4 Å². The van der Waals surface area contributed by atoms with Gasteiger partial charge in [0.2, 0.25) is 10.0 Å². The first-order chi connectivity index (χ1) is 12.8. The number of carbonyl (C=O) groups is 1. The molecule has 1 aromatic carbocycles. The van der Waals surface area contributed by atoms with E-state index in [4.69, 9.17) is 4.74 Å². The minimum absolute atomic E-state index is 0.149. The molecule has 1 N–H and O–H groups in total. The summed E-state index contributed by atoms with van der Waals surface area (Å²) in [6.07, 6.45) is -0.298. The van der Waals surface area contributed by atoms with Crippen molar-refractivity contribution >= 4 is 21.6 Å². The lowest BCUT2D eigenvalue weighted by Gasteiger charge is -2.34. The van der Waals surface area contributed by atoms with Crippen LogP contribution >= 0.6 is 0 Å². The number of hydrogen-bond donors (Lipinski definition) is 1. The van der Waals surface area contributed by atoms with Crippen LogP contribution in [-0.2, 0) is 14.8 Å². The summed E-state index contributed by atoms with van der Waals surface area (Å²) >= 11 is 0. The topological polar surface area (TPSA) is 88.6 Å². The molecule has 0 unspecified atom stereocenters. The van der Waals surface area contributed by atoms with Crippen LogP contribution in [0.4, 0.5) is 5.69 Å². The minimum Gasteiger partial charge on any atom is -0.373 e. The van der Waals surface area contributed by atoms with Gasteiger partial charge in [0.05, 0.1) is 17.1 Å². The van der Waals surface area contributed by atoms with Gasteiger partial charge in [0.15, 0.2) is 0 Å². The molecule has 8 heteroatoms. The molecule has 144 valence electrons. The molecule has 0 radical (unpaired) electrons. The second-order valence-electron chi connectivity index (χ2n) is 6.72. The fraction of sp³-hybridized carbons (Fsp3) is 0.368. The molecule has 7 nitrogen and oxygen atoms in total.